The Kier molecular flexibility index (Phi) is 5.05. The van der Waals surface area contributed by atoms with Crippen LogP contribution in [0.4, 0.5) is 15.4 Å². The fourth-order valence-corrected chi connectivity index (χ4v) is 2.55. The van der Waals surface area contributed by atoms with Crippen LogP contribution in [-0.4, -0.2) is 45.0 Å². The first-order valence-electron chi connectivity index (χ1n) is 8.17. The van der Waals surface area contributed by atoms with Gasteiger partial charge in [0.25, 0.3) is 0 Å². The highest BCUT2D eigenvalue weighted by molar-refractivity contribution is 5.89. The number of amides is 3. The van der Waals surface area contributed by atoms with Crippen LogP contribution in [0.1, 0.15) is 45.9 Å². The molecule has 0 atom stereocenters. The highest BCUT2D eigenvalue weighted by atomic mass is 16.6. The van der Waals surface area contributed by atoms with Crippen LogP contribution in [0.2, 0.25) is 0 Å². The topological polar surface area (TPSA) is 88.5 Å². The maximum atomic E-state index is 12.3. The van der Waals surface area contributed by atoms with E-state index in [0.717, 1.165) is 11.3 Å². The number of nitrogens with one attached hydrogen (secondary N) is 2. The average molecular weight is 337 g/mol. The number of aromatic nitrogens is 2. The molecule has 2 heterocycles. The van der Waals surface area contributed by atoms with Gasteiger partial charge in [0.2, 0.25) is 0 Å². The molecule has 0 aromatic carbocycles. The zero-order valence-corrected chi connectivity index (χ0v) is 15.3. The predicted octanol–water partition coefficient (Wildman–Crippen LogP) is 2.24. The fraction of sp³-hybridized carbons (Fsp3) is 0.688. The molecule has 0 saturated heterocycles. The summed E-state index contributed by atoms with van der Waals surface area (Å²) >= 11 is 0. The average Bonchev–Trinajstić information content (AvgIpc) is 2.71. The van der Waals surface area contributed by atoms with Crippen LogP contribution in [0.25, 0.3) is 0 Å². The van der Waals surface area contributed by atoms with Gasteiger partial charge in [-0.25, -0.2) is 9.59 Å². The third-order valence-electron chi connectivity index (χ3n) is 3.50. The van der Waals surface area contributed by atoms with Gasteiger partial charge in [-0.1, -0.05) is 0 Å². The van der Waals surface area contributed by atoms with Gasteiger partial charge in [-0.15, -0.1) is 0 Å². The lowest BCUT2D eigenvalue weighted by Crippen LogP contribution is -2.40. The van der Waals surface area contributed by atoms with Crippen LogP contribution in [0.15, 0.2) is 0 Å². The molecular formula is C16H27N5O3. The van der Waals surface area contributed by atoms with Crippen molar-refractivity contribution in [2.45, 2.75) is 59.2 Å². The van der Waals surface area contributed by atoms with E-state index in [0.29, 0.717) is 25.3 Å². The molecule has 0 spiro atoms. The lowest BCUT2D eigenvalue weighted by Gasteiger charge is -2.29. The van der Waals surface area contributed by atoms with Crippen LogP contribution in [0.3, 0.4) is 0 Å². The molecule has 3 amide bonds. The van der Waals surface area contributed by atoms with Crippen molar-refractivity contribution in [1.29, 1.82) is 0 Å². The molecule has 0 aliphatic carbocycles. The molecule has 134 valence electrons. The Morgan fingerprint density at radius 2 is 1.96 bits per heavy atom. The lowest BCUT2D eigenvalue weighted by atomic mass is 10.1. The molecule has 1 aromatic heterocycles. The molecule has 24 heavy (non-hydrogen) atoms. The normalized spacial score (nSPS) is 14.4. The summed E-state index contributed by atoms with van der Waals surface area (Å²) in [5, 5.41) is 10.1. The first-order valence-corrected chi connectivity index (χ1v) is 8.17. The number of aryl methyl sites for hydroxylation is 1. The molecule has 0 bridgehead atoms. The first kappa shape index (κ1) is 18.1. The fourth-order valence-electron chi connectivity index (χ4n) is 2.55. The number of anilines is 1. The van der Waals surface area contributed by atoms with Crippen molar-refractivity contribution >= 4 is 17.9 Å². The quantitative estimate of drug-likeness (QED) is 0.866. The van der Waals surface area contributed by atoms with Crippen molar-refractivity contribution in [2.75, 3.05) is 11.9 Å². The summed E-state index contributed by atoms with van der Waals surface area (Å²) in [6.07, 6.45) is 0.283. The molecule has 0 fully saturated rings. The van der Waals surface area contributed by atoms with Crippen LogP contribution < -0.4 is 10.6 Å². The minimum atomic E-state index is -0.537. The van der Waals surface area contributed by atoms with Crippen LogP contribution in [0.5, 0.6) is 0 Å². The largest absolute Gasteiger partial charge is 0.444 e. The third-order valence-corrected chi connectivity index (χ3v) is 3.50. The van der Waals surface area contributed by atoms with E-state index < -0.39 is 5.60 Å². The molecule has 0 radical (unpaired) electrons. The van der Waals surface area contributed by atoms with E-state index in [1.807, 2.05) is 34.6 Å². The summed E-state index contributed by atoms with van der Waals surface area (Å²) in [7, 11) is 1.78. The van der Waals surface area contributed by atoms with Crippen molar-refractivity contribution in [2.24, 2.45) is 7.05 Å². The number of nitrogens with zero attached hydrogens (tertiary/aromatic N) is 3. The summed E-state index contributed by atoms with van der Waals surface area (Å²) in [4.78, 5) is 25.9. The lowest BCUT2D eigenvalue weighted by molar-refractivity contribution is 0.0224. The van der Waals surface area contributed by atoms with Gasteiger partial charge in [-0.3, -0.25) is 10.00 Å². The molecule has 2 N–H and O–H groups in total. The first-order chi connectivity index (χ1) is 11.1. The van der Waals surface area contributed by atoms with Gasteiger partial charge in [-0.05, 0) is 34.6 Å². The van der Waals surface area contributed by atoms with Gasteiger partial charge in [0.05, 0.1) is 12.2 Å². The standard InChI is InChI=1S/C16H27N5O3/c1-10(2)17-14(22)18-13-11-9-21(15(23)24-16(3,4)5)8-7-12(11)19-20(13)6/h10H,7-9H2,1-6H3,(H2,17,18,22). The third kappa shape index (κ3) is 4.39. The van der Waals surface area contributed by atoms with Gasteiger partial charge in [0.1, 0.15) is 11.4 Å². The molecular weight excluding hydrogens is 310 g/mol. The van der Waals surface area contributed by atoms with Gasteiger partial charge >= 0.3 is 12.1 Å². The van der Waals surface area contributed by atoms with Crippen molar-refractivity contribution in [3.05, 3.63) is 11.3 Å². The Morgan fingerprint density at radius 1 is 1.29 bits per heavy atom. The van der Waals surface area contributed by atoms with Gasteiger partial charge < -0.3 is 15.0 Å². The minimum Gasteiger partial charge on any atom is -0.444 e. The predicted molar refractivity (Wildman–Crippen MR) is 90.8 cm³/mol. The second-order valence-corrected chi connectivity index (χ2v) is 7.30. The van der Waals surface area contributed by atoms with Crippen LogP contribution in [0, 0.1) is 0 Å². The molecule has 1 aliphatic heterocycles. The Labute approximate surface area is 142 Å². The van der Waals surface area contributed by atoms with E-state index in [4.69, 9.17) is 4.74 Å². The number of ether oxygens (including phenoxy) is 1. The maximum Gasteiger partial charge on any atom is 0.410 e. The second kappa shape index (κ2) is 6.70. The summed E-state index contributed by atoms with van der Waals surface area (Å²) in [6, 6.07) is -0.252. The number of rotatable bonds is 2. The monoisotopic (exact) mass is 337 g/mol. The van der Waals surface area contributed by atoms with Crippen LogP contribution >= 0.6 is 0 Å². The Hall–Kier alpha value is -2.25. The molecule has 8 heteroatoms. The van der Waals surface area contributed by atoms with Crippen molar-refractivity contribution < 1.29 is 14.3 Å². The molecule has 0 saturated carbocycles. The number of hydrogen-bond acceptors (Lipinski definition) is 4. The van der Waals surface area contributed by atoms with E-state index in [-0.39, 0.29) is 18.2 Å². The highest BCUT2D eigenvalue weighted by Gasteiger charge is 2.30. The summed E-state index contributed by atoms with van der Waals surface area (Å²) in [5.74, 6) is 0.608. The zero-order chi connectivity index (χ0) is 18.1. The smallest absolute Gasteiger partial charge is 0.410 e. The number of urea groups is 1. The molecule has 8 nitrogen and oxygen atoms in total. The number of carbonyl (C=O) groups is 2. The number of carbonyl (C=O) groups excluding carboxylic acids is 2. The van der Waals surface area contributed by atoms with E-state index in [9.17, 15) is 9.59 Å². The van der Waals surface area contributed by atoms with Crippen molar-refractivity contribution in [3.8, 4) is 0 Å². The van der Waals surface area contributed by atoms with Gasteiger partial charge in [0.15, 0.2) is 0 Å². The Morgan fingerprint density at radius 3 is 2.54 bits per heavy atom. The second-order valence-electron chi connectivity index (χ2n) is 7.30. The summed E-state index contributed by atoms with van der Waals surface area (Å²) < 4.78 is 7.07. The highest BCUT2D eigenvalue weighted by Crippen LogP contribution is 2.26. The SMILES string of the molecule is CC(C)NC(=O)Nc1c2c(nn1C)CCN(C(=O)OC(C)(C)C)C2. The molecule has 1 aromatic rings. The number of hydrogen-bond donors (Lipinski definition) is 2. The van der Waals surface area contributed by atoms with Gasteiger partial charge in [0, 0.05) is 31.6 Å². The number of fused-ring (bicyclic) bond motifs is 1. The molecule has 2 rings (SSSR count). The van der Waals surface area contributed by atoms with Crippen molar-refractivity contribution in [3.63, 3.8) is 0 Å². The van der Waals surface area contributed by atoms with Gasteiger partial charge in [-0.2, -0.15) is 5.10 Å². The van der Waals surface area contributed by atoms with E-state index in [2.05, 4.69) is 15.7 Å². The Balaban J connectivity index is 2.15. The molecule has 1 aliphatic rings. The van der Waals surface area contributed by atoms with E-state index in [1.165, 1.54) is 0 Å². The minimum absolute atomic E-state index is 0.0346. The van der Waals surface area contributed by atoms with Crippen molar-refractivity contribution in [1.82, 2.24) is 20.0 Å². The molecule has 0 unspecified atom stereocenters. The zero-order valence-electron chi connectivity index (χ0n) is 15.3. The summed E-state index contributed by atoms with van der Waals surface area (Å²) in [6.45, 7) is 10.2. The Bertz CT molecular complexity index is 630. The van der Waals surface area contributed by atoms with Crippen LogP contribution in [-0.2, 0) is 24.8 Å². The maximum absolute atomic E-state index is 12.3. The summed E-state index contributed by atoms with van der Waals surface area (Å²) in [5.41, 5.74) is 1.22. The van der Waals surface area contributed by atoms with E-state index >= 15 is 0 Å². The van der Waals surface area contributed by atoms with E-state index in [1.54, 1.807) is 16.6 Å².